The molecule has 0 bridgehead atoms. The zero-order valence-electron chi connectivity index (χ0n) is 19.2. The Morgan fingerprint density at radius 2 is 1.53 bits per heavy atom. The van der Waals surface area contributed by atoms with Crippen molar-refractivity contribution in [1.82, 2.24) is 9.21 Å². The lowest BCUT2D eigenvalue weighted by Crippen LogP contribution is -2.39. The van der Waals surface area contributed by atoms with Crippen LogP contribution in [0.2, 0.25) is 0 Å². The van der Waals surface area contributed by atoms with E-state index in [-0.39, 0.29) is 17.0 Å². The Bertz CT molecular complexity index is 1420. The van der Waals surface area contributed by atoms with Crippen LogP contribution in [0.1, 0.15) is 40.4 Å². The summed E-state index contributed by atoms with van der Waals surface area (Å²) in [5, 5.41) is 2.70. The van der Waals surface area contributed by atoms with Gasteiger partial charge in [-0.15, -0.1) is 0 Å². The fourth-order valence-corrected chi connectivity index (χ4v) is 6.20. The lowest BCUT2D eigenvalue weighted by Gasteiger charge is -2.30. The molecule has 36 heavy (non-hydrogen) atoms. The van der Waals surface area contributed by atoms with Crippen molar-refractivity contribution < 1.29 is 26.8 Å². The van der Waals surface area contributed by atoms with Gasteiger partial charge in [-0.1, -0.05) is 12.1 Å². The normalized spacial score (nSPS) is 18.4. The van der Waals surface area contributed by atoms with Crippen LogP contribution in [0.25, 0.3) is 0 Å². The van der Waals surface area contributed by atoms with E-state index in [0.29, 0.717) is 29.9 Å². The minimum atomic E-state index is -3.66. The number of anilines is 1. The van der Waals surface area contributed by atoms with Gasteiger partial charge in [0.15, 0.2) is 0 Å². The Morgan fingerprint density at radius 1 is 0.889 bits per heavy atom. The molecule has 1 N–H and O–H groups in total. The maximum atomic E-state index is 14.3. The predicted molar refractivity (Wildman–Crippen MR) is 129 cm³/mol. The van der Waals surface area contributed by atoms with Crippen molar-refractivity contribution in [3.8, 4) is 0 Å². The highest BCUT2D eigenvalue weighted by Crippen LogP contribution is 2.37. The number of nitrogens with zero attached hydrogens (tertiary/aromatic N) is 2. The average Bonchev–Trinajstić information content (AvgIpc) is 3.37. The molecule has 0 radical (unpaired) electrons. The van der Waals surface area contributed by atoms with Crippen molar-refractivity contribution in [2.75, 3.05) is 25.0 Å². The number of sulfonamides is 1. The average molecular weight is 512 g/mol. The van der Waals surface area contributed by atoms with Crippen molar-refractivity contribution in [3.63, 3.8) is 0 Å². The number of nitrogens with one attached hydrogen (secondary N) is 1. The fourth-order valence-electron chi connectivity index (χ4n) is 4.68. The van der Waals surface area contributed by atoms with Gasteiger partial charge in [-0.05, 0) is 73.0 Å². The second-order valence-electron chi connectivity index (χ2n) is 8.80. The zero-order valence-corrected chi connectivity index (χ0v) is 20.0. The second kappa shape index (κ2) is 9.44. The molecule has 7 nitrogen and oxygen atoms in total. The van der Waals surface area contributed by atoms with Gasteiger partial charge in [-0.3, -0.25) is 9.59 Å². The van der Waals surface area contributed by atoms with Crippen LogP contribution in [0.5, 0.6) is 0 Å². The summed E-state index contributed by atoms with van der Waals surface area (Å²) in [5.74, 6) is -2.06. The molecule has 2 aliphatic heterocycles. The number of carbonyl (C=O) groups is 2. The van der Waals surface area contributed by atoms with Crippen LogP contribution >= 0.6 is 0 Å². The third-order valence-electron chi connectivity index (χ3n) is 6.46. The summed E-state index contributed by atoms with van der Waals surface area (Å²) in [4.78, 5) is 27.7. The first-order valence-electron chi connectivity index (χ1n) is 11.5. The Morgan fingerprint density at radius 3 is 2.19 bits per heavy atom. The van der Waals surface area contributed by atoms with Gasteiger partial charge in [-0.2, -0.15) is 4.31 Å². The van der Waals surface area contributed by atoms with E-state index in [1.807, 2.05) is 0 Å². The van der Waals surface area contributed by atoms with Gasteiger partial charge >= 0.3 is 0 Å². The minimum Gasteiger partial charge on any atom is -0.324 e. The summed E-state index contributed by atoms with van der Waals surface area (Å²) in [6.07, 6.45) is 1.61. The number of carbonyl (C=O) groups excluding carboxylic acids is 2. The van der Waals surface area contributed by atoms with Gasteiger partial charge in [0.25, 0.3) is 5.91 Å². The van der Waals surface area contributed by atoms with Crippen LogP contribution in [0.3, 0.4) is 0 Å². The summed E-state index contributed by atoms with van der Waals surface area (Å²) < 4.78 is 55.1. The van der Waals surface area contributed by atoms with Crippen LogP contribution in [-0.2, 0) is 14.8 Å². The van der Waals surface area contributed by atoms with E-state index in [9.17, 15) is 26.8 Å². The first-order valence-corrected chi connectivity index (χ1v) is 12.9. The molecule has 2 aliphatic rings. The number of rotatable bonds is 4. The van der Waals surface area contributed by atoms with Gasteiger partial charge in [0.05, 0.1) is 10.9 Å². The molecule has 0 aliphatic carbocycles. The van der Waals surface area contributed by atoms with Crippen molar-refractivity contribution >= 4 is 27.5 Å². The van der Waals surface area contributed by atoms with Crippen LogP contribution in [-0.4, -0.2) is 49.1 Å². The Hall–Kier alpha value is -3.63. The van der Waals surface area contributed by atoms with Crippen molar-refractivity contribution in [3.05, 3.63) is 95.1 Å². The number of hydrogen-bond acceptors (Lipinski definition) is 4. The standard InChI is InChI=1S/C26H23F2N3O4S/c27-19-7-3-17(4-8-19)25-22-15-20(28)9-12-23(22)29-24(32)16-31(25)26(33)18-5-10-21(11-6-18)36(34,35)30-13-1-2-14-30/h3-12,15,25H,1-2,13-14,16H2,(H,29,32)/t25-/m0/s1. The molecule has 1 saturated heterocycles. The third kappa shape index (κ3) is 4.49. The molecule has 3 aromatic carbocycles. The molecule has 2 heterocycles. The first kappa shape index (κ1) is 24.1. The molecule has 0 saturated carbocycles. The SMILES string of the molecule is O=C1CN(C(=O)c2ccc(S(=O)(=O)N3CCCC3)cc2)[C@@H](c2ccc(F)cc2)c2cc(F)ccc2N1. The fraction of sp³-hybridized carbons (Fsp3) is 0.231. The van der Waals surface area contributed by atoms with Gasteiger partial charge in [0, 0.05) is 29.9 Å². The monoisotopic (exact) mass is 511 g/mol. The quantitative estimate of drug-likeness (QED) is 0.575. The maximum Gasteiger partial charge on any atom is 0.255 e. The number of benzene rings is 3. The number of fused-ring (bicyclic) bond motifs is 1. The number of amides is 2. The largest absolute Gasteiger partial charge is 0.324 e. The van der Waals surface area contributed by atoms with E-state index >= 15 is 0 Å². The van der Waals surface area contributed by atoms with Crippen molar-refractivity contribution in [2.45, 2.75) is 23.8 Å². The Labute approximate surface area is 207 Å². The highest BCUT2D eigenvalue weighted by molar-refractivity contribution is 7.89. The first-order chi connectivity index (χ1) is 17.2. The second-order valence-corrected chi connectivity index (χ2v) is 10.7. The lowest BCUT2D eigenvalue weighted by atomic mass is 9.95. The van der Waals surface area contributed by atoms with E-state index in [1.165, 1.54) is 75.9 Å². The van der Waals surface area contributed by atoms with Crippen LogP contribution in [0.4, 0.5) is 14.5 Å². The molecule has 10 heteroatoms. The zero-order chi connectivity index (χ0) is 25.4. The summed E-state index contributed by atoms with van der Waals surface area (Å²) in [7, 11) is -3.66. The molecule has 1 atom stereocenters. The van der Waals surface area contributed by atoms with E-state index in [1.54, 1.807) is 0 Å². The molecule has 0 aromatic heterocycles. The summed E-state index contributed by atoms with van der Waals surface area (Å²) >= 11 is 0. The molecule has 5 rings (SSSR count). The van der Waals surface area contributed by atoms with E-state index in [2.05, 4.69) is 5.32 Å². The predicted octanol–water partition coefficient (Wildman–Crippen LogP) is 3.93. The highest BCUT2D eigenvalue weighted by atomic mass is 32.2. The van der Waals surface area contributed by atoms with Gasteiger partial charge in [0.2, 0.25) is 15.9 Å². The highest BCUT2D eigenvalue weighted by Gasteiger charge is 2.35. The van der Waals surface area contributed by atoms with Crippen LogP contribution in [0, 0.1) is 11.6 Å². The molecular formula is C26H23F2N3O4S. The molecule has 0 spiro atoms. The van der Waals surface area contributed by atoms with Crippen LogP contribution in [0.15, 0.2) is 71.6 Å². The van der Waals surface area contributed by atoms with E-state index in [4.69, 9.17) is 0 Å². The van der Waals surface area contributed by atoms with Gasteiger partial charge in [0.1, 0.15) is 18.2 Å². The third-order valence-corrected chi connectivity index (χ3v) is 8.37. The topological polar surface area (TPSA) is 86.8 Å². The molecule has 2 amide bonds. The molecular weight excluding hydrogens is 488 g/mol. The smallest absolute Gasteiger partial charge is 0.255 e. The minimum absolute atomic E-state index is 0.0806. The maximum absolute atomic E-state index is 14.3. The summed E-state index contributed by atoms with van der Waals surface area (Å²) in [5.41, 5.74) is 1.34. The van der Waals surface area contributed by atoms with Gasteiger partial charge < -0.3 is 10.2 Å². The summed E-state index contributed by atoms with van der Waals surface area (Å²) in [6, 6.07) is 14.0. The Kier molecular flexibility index (Phi) is 6.31. The molecule has 0 unspecified atom stereocenters. The molecule has 3 aromatic rings. The molecule has 1 fully saturated rings. The van der Waals surface area contributed by atoms with Gasteiger partial charge in [-0.25, -0.2) is 17.2 Å². The Balaban J connectivity index is 1.54. The number of halogens is 2. The summed E-state index contributed by atoms with van der Waals surface area (Å²) in [6.45, 7) is 0.577. The van der Waals surface area contributed by atoms with E-state index in [0.717, 1.165) is 12.8 Å². The number of hydrogen-bond donors (Lipinski definition) is 1. The van der Waals surface area contributed by atoms with Crippen molar-refractivity contribution in [1.29, 1.82) is 0 Å². The lowest BCUT2D eigenvalue weighted by molar-refractivity contribution is -0.117. The van der Waals surface area contributed by atoms with Crippen LogP contribution < -0.4 is 5.32 Å². The molecule has 186 valence electrons. The van der Waals surface area contributed by atoms with E-state index < -0.39 is 39.5 Å². The van der Waals surface area contributed by atoms with Crippen molar-refractivity contribution in [2.24, 2.45) is 0 Å².